The lowest BCUT2D eigenvalue weighted by Crippen LogP contribution is -2.45. The van der Waals surface area contributed by atoms with E-state index in [0.717, 1.165) is 30.3 Å². The number of nitrogens with one attached hydrogen (secondary N) is 2. The van der Waals surface area contributed by atoms with E-state index in [1.807, 2.05) is 4.98 Å². The Morgan fingerprint density at radius 3 is 2.16 bits per heavy atom. The second kappa shape index (κ2) is 22.0. The number of fused-ring (bicyclic) bond motifs is 2. The summed E-state index contributed by atoms with van der Waals surface area (Å²) in [6, 6.07) is 0.936. The average Bonchev–Trinajstić information content (AvgIpc) is 4.13. The number of ether oxygens (including phenoxy) is 5. The van der Waals surface area contributed by atoms with Gasteiger partial charge in [0.25, 0.3) is 17.1 Å². The van der Waals surface area contributed by atoms with Gasteiger partial charge in [-0.1, -0.05) is 4.98 Å². The third-order valence-corrected chi connectivity index (χ3v) is 17.8. The molecule has 3 saturated heterocycles. The Bertz CT molecular complexity index is 3280. The summed E-state index contributed by atoms with van der Waals surface area (Å²) >= 11 is 0. The normalized spacial score (nSPS) is 30.4. The van der Waals surface area contributed by atoms with Crippen molar-refractivity contribution in [2.75, 3.05) is 64.4 Å². The van der Waals surface area contributed by atoms with Crippen LogP contribution in [0.1, 0.15) is 18.7 Å². The molecule has 3 aliphatic heterocycles. The molecule has 414 valence electrons. The minimum Gasteiger partial charge on any atom is -0.387 e. The highest BCUT2D eigenvalue weighted by Gasteiger charge is 2.53. The highest BCUT2D eigenvalue weighted by molar-refractivity contribution is 7.64. The van der Waals surface area contributed by atoms with Crippen molar-refractivity contribution in [1.82, 2.24) is 43.6 Å². The molecule has 0 bridgehead atoms. The van der Waals surface area contributed by atoms with Gasteiger partial charge in [-0.25, -0.2) is 37.8 Å². The molecule has 75 heavy (non-hydrogen) atoms. The van der Waals surface area contributed by atoms with Gasteiger partial charge < -0.3 is 74.6 Å². The summed E-state index contributed by atoms with van der Waals surface area (Å²) < 4.78 is 112. The van der Waals surface area contributed by atoms with E-state index in [9.17, 15) is 67.5 Å². The number of nitrogens with zero attached hydrogens (tertiary/aromatic N) is 8. The lowest BCUT2D eigenvalue weighted by atomic mass is 9.99. The first-order chi connectivity index (χ1) is 35.2. The Morgan fingerprint density at radius 1 is 0.773 bits per heavy atom. The molecule has 3 aliphatic rings. The van der Waals surface area contributed by atoms with Gasteiger partial charge in [-0.05, 0) is 0 Å². The monoisotopic (exact) mass is 1150 g/mol. The zero-order valence-corrected chi connectivity index (χ0v) is 42.7. The van der Waals surface area contributed by atoms with E-state index >= 15 is 0 Å². The topological polar surface area (TPSA) is 507 Å². The van der Waals surface area contributed by atoms with Crippen LogP contribution in [-0.4, -0.2) is 180 Å². The van der Waals surface area contributed by atoms with Crippen molar-refractivity contribution in [3.8, 4) is 0 Å². The third kappa shape index (κ3) is 12.3. The smallest absolute Gasteiger partial charge is 0.387 e. The quantitative estimate of drug-likeness (QED) is 0.0234. The van der Waals surface area contributed by atoms with Gasteiger partial charge in [0.2, 0.25) is 11.7 Å². The molecule has 5 unspecified atom stereocenters. The van der Waals surface area contributed by atoms with Crippen LogP contribution in [0.15, 0.2) is 45.6 Å². The first kappa shape index (κ1) is 56.6. The van der Waals surface area contributed by atoms with E-state index in [1.165, 1.54) is 40.5 Å². The van der Waals surface area contributed by atoms with Gasteiger partial charge in [0.05, 0.1) is 58.2 Å². The molecule has 8 heterocycles. The number of aliphatic hydroxyl groups excluding tert-OH is 3. The number of H-pyrrole nitrogens is 2. The second-order valence-electron chi connectivity index (χ2n) is 17.0. The van der Waals surface area contributed by atoms with Crippen LogP contribution in [0.4, 0.5) is 11.8 Å². The lowest BCUT2D eigenvalue weighted by Gasteiger charge is -2.26. The Balaban J connectivity index is 0.915. The summed E-state index contributed by atoms with van der Waals surface area (Å²) in [5.74, 6) is -1.20. The van der Waals surface area contributed by atoms with E-state index in [1.54, 1.807) is 0 Å². The van der Waals surface area contributed by atoms with Crippen LogP contribution < -0.4 is 32.8 Å². The van der Waals surface area contributed by atoms with Gasteiger partial charge in [0.1, 0.15) is 54.6 Å². The Kier molecular flexibility index (Phi) is 16.6. The zero-order valence-electron chi connectivity index (χ0n) is 39.1. The molecule has 0 saturated carbocycles. The highest BCUT2D eigenvalue weighted by atomic mass is 31.3. The minimum absolute atomic E-state index is 0.0354. The first-order valence-electron chi connectivity index (χ1n) is 21.9. The molecule has 0 aliphatic carbocycles. The molecule has 13 N–H and O–H groups in total. The van der Waals surface area contributed by atoms with Crippen LogP contribution in [0, 0.1) is 5.92 Å². The summed E-state index contributed by atoms with van der Waals surface area (Å²) in [5, 5.41) is 32.5. The number of rotatable bonds is 22. The number of aryl methyl sites for hydroxylation is 1. The van der Waals surface area contributed by atoms with Crippen LogP contribution in [0.5, 0.6) is 0 Å². The maximum absolute atomic E-state index is 13.6. The standard InChI is InChI=1S/C35H50N12O24P4/c1-44-14-47(29-21(44)30(52)43-34(37)42-29)31-22(49)15(8-62-2)16(67-31)9-64-72(54,55)6-7-73(56,57)71-75(60,61)66-11-18-25(26(63-3)33(69-18)46-13-40-20-27(36)38-12-39-28(20)46)70-74(58,59)65-10-17-23(50)24(51)32(68-17)45-5-4-19(48)41-35(45)53/h4-5,12-18,22-26,31-33,49-51H,6-11H2,1-3H3,(H9-,36,37,38,39,41,42,43,48,52,53,54,55,56,57,58,59,60,61)/p+1/t15-,16-,17-,18?,22-,23-,24-,25-,26-,31-,32-,33-/m1/s1. The summed E-state index contributed by atoms with van der Waals surface area (Å²) in [6.45, 7) is -2.99. The SMILES string of the molecule is COC[C@H]1[C@@H](O)[C@H]([n+]2cn(C)c3c(=O)[nH]c(N)nc32)O[C@@H]1COP(=O)(O)CCP(=O)(O)OP(=O)(O)OCC1O[C@@H](n2cnc3c(N)ncnc32)[C@H](OC)[C@@H]1OP(=O)(O)OC[C@H]1O[C@@H](n2ccc(=O)[nH]c2=O)[C@H](O)[C@@H]1O. The maximum Gasteiger partial charge on any atom is 0.479 e. The number of hydrogen-bond donors (Lipinski definition) is 11. The number of phosphoric ester groups is 2. The van der Waals surface area contributed by atoms with Gasteiger partial charge in [0.15, 0.2) is 30.2 Å². The number of anilines is 2. The predicted molar refractivity (Wildman–Crippen MR) is 246 cm³/mol. The fourth-order valence-electron chi connectivity index (χ4n) is 8.52. The number of imidazole rings is 2. The van der Waals surface area contributed by atoms with Crippen molar-refractivity contribution in [1.29, 1.82) is 0 Å². The molecule has 8 rings (SSSR count). The molecule has 36 nitrogen and oxygen atoms in total. The molecule has 40 heteroatoms. The molecule has 0 radical (unpaired) electrons. The average molecular weight is 1150 g/mol. The van der Waals surface area contributed by atoms with Gasteiger partial charge in [-0.2, -0.15) is 0 Å². The van der Waals surface area contributed by atoms with Crippen LogP contribution >= 0.6 is 30.8 Å². The molecular weight excluding hydrogens is 1100 g/mol. The number of phosphoric acid groups is 2. The van der Waals surface area contributed by atoms with Gasteiger partial charge in [-0.3, -0.25) is 56.0 Å². The number of aliphatic hydroxyl groups is 3. The maximum atomic E-state index is 13.6. The van der Waals surface area contributed by atoms with E-state index < -0.39 is 153 Å². The zero-order chi connectivity index (χ0) is 54.5. The van der Waals surface area contributed by atoms with Crippen LogP contribution in [0.2, 0.25) is 0 Å². The van der Waals surface area contributed by atoms with Gasteiger partial charge in [-0.15, -0.1) is 0 Å². The third-order valence-electron chi connectivity index (χ3n) is 12.0. The van der Waals surface area contributed by atoms with E-state index in [4.69, 9.17) is 53.2 Å². The molecule has 5 aromatic rings. The second-order valence-corrected chi connectivity index (χ2v) is 24.0. The molecule has 0 amide bonds. The number of nitrogen functional groups attached to an aromatic ring is 2. The van der Waals surface area contributed by atoms with Crippen molar-refractivity contribution in [3.63, 3.8) is 0 Å². The van der Waals surface area contributed by atoms with Crippen molar-refractivity contribution in [2.45, 2.75) is 67.5 Å². The Labute approximate surface area is 418 Å². The molecule has 3 fully saturated rings. The number of hydrogen-bond acceptors (Lipinski definition) is 26. The Morgan fingerprint density at radius 2 is 1.45 bits per heavy atom. The fourth-order valence-corrected chi connectivity index (χ4v) is 14.1. The van der Waals surface area contributed by atoms with E-state index in [2.05, 4.69) is 29.2 Å². The largest absolute Gasteiger partial charge is 0.479 e. The van der Waals surface area contributed by atoms with E-state index in [-0.39, 0.29) is 40.7 Å². The van der Waals surface area contributed by atoms with Crippen molar-refractivity contribution < 1.29 is 104 Å². The van der Waals surface area contributed by atoms with Crippen molar-refractivity contribution in [2.24, 2.45) is 13.0 Å². The molecule has 0 spiro atoms. The summed E-state index contributed by atoms with van der Waals surface area (Å²) in [7, 11) is -17.4. The molecule has 5 aromatic heterocycles. The van der Waals surface area contributed by atoms with Crippen molar-refractivity contribution in [3.05, 3.63) is 62.4 Å². The van der Waals surface area contributed by atoms with Gasteiger partial charge >= 0.3 is 42.2 Å². The number of aromatic amines is 2. The number of methoxy groups -OCH3 is 2. The molecule has 16 atom stereocenters. The fraction of sp³-hybridized carbons (Fsp3) is 0.600. The number of nitrogens with two attached hydrogens (primary N) is 2. The molecular formula is C35H51N12O24P4+. The van der Waals surface area contributed by atoms with E-state index in [0.29, 0.717) is 0 Å². The minimum atomic E-state index is -5.70. The first-order valence-corrected chi connectivity index (χ1v) is 28.4. The van der Waals surface area contributed by atoms with Crippen LogP contribution in [0.25, 0.3) is 22.3 Å². The summed E-state index contributed by atoms with van der Waals surface area (Å²) in [4.78, 5) is 100. The summed E-state index contributed by atoms with van der Waals surface area (Å²) in [5.41, 5.74) is 9.54. The van der Waals surface area contributed by atoms with Crippen LogP contribution in [0.3, 0.4) is 0 Å². The van der Waals surface area contributed by atoms with Crippen molar-refractivity contribution >= 4 is 64.9 Å². The summed E-state index contributed by atoms with van der Waals surface area (Å²) in [6.07, 6.45) is -14.9. The molecule has 0 aromatic carbocycles. The predicted octanol–water partition coefficient (Wildman–Crippen LogP) is -3.82. The van der Waals surface area contributed by atoms with Crippen LogP contribution in [-0.2, 0) is 71.4 Å². The Hall–Kier alpha value is -4.58. The van der Waals surface area contributed by atoms with Gasteiger partial charge in [0, 0.05) is 32.4 Å². The number of aromatic nitrogens is 10. The lowest BCUT2D eigenvalue weighted by molar-refractivity contribution is -0.745. The highest BCUT2D eigenvalue weighted by Crippen LogP contribution is 2.62.